The van der Waals surface area contributed by atoms with Crippen LogP contribution in [0.3, 0.4) is 0 Å². The second kappa shape index (κ2) is 12.2. The highest BCUT2D eigenvalue weighted by atomic mass is 35.5. The predicted molar refractivity (Wildman–Crippen MR) is 156 cm³/mol. The molecule has 0 atom stereocenters. The Labute approximate surface area is 225 Å². The first-order valence-electron chi connectivity index (χ1n) is 13.4. The number of aromatic nitrogens is 1. The molecule has 194 valence electrons. The second-order valence-electron chi connectivity index (χ2n) is 10.1. The van der Waals surface area contributed by atoms with Gasteiger partial charge in [0.1, 0.15) is 0 Å². The molecule has 0 spiro atoms. The molecule has 4 N–H and O–H groups in total. The first kappa shape index (κ1) is 26.0. The van der Waals surface area contributed by atoms with Crippen LogP contribution in [0.15, 0.2) is 72.9 Å². The van der Waals surface area contributed by atoms with Crippen molar-refractivity contribution in [3.8, 4) is 11.1 Å². The van der Waals surface area contributed by atoms with E-state index in [4.69, 9.17) is 23.1 Å². The number of nitrogens with zero attached hydrogens (tertiary/aromatic N) is 3. The molecule has 37 heavy (non-hydrogen) atoms. The Morgan fingerprint density at radius 2 is 1.43 bits per heavy atom. The number of benzene rings is 3. The highest BCUT2D eigenvalue weighted by Gasteiger charge is 2.19. The molecular weight excluding hydrogens is 478 g/mol. The van der Waals surface area contributed by atoms with E-state index >= 15 is 0 Å². The number of hydrogen-bond donors (Lipinski definition) is 2. The van der Waals surface area contributed by atoms with Gasteiger partial charge in [0.2, 0.25) is 0 Å². The molecular formula is C31H38ClN5. The average molecular weight is 516 g/mol. The van der Waals surface area contributed by atoms with Crippen LogP contribution in [0, 0.1) is 0 Å². The highest BCUT2D eigenvalue weighted by Crippen LogP contribution is 2.34. The van der Waals surface area contributed by atoms with Crippen molar-refractivity contribution in [1.82, 2.24) is 14.4 Å². The summed E-state index contributed by atoms with van der Waals surface area (Å²) in [4.78, 5) is 5.07. The summed E-state index contributed by atoms with van der Waals surface area (Å²) in [6.07, 6.45) is 4.16. The summed E-state index contributed by atoms with van der Waals surface area (Å²) >= 11 is 6.39. The lowest BCUT2D eigenvalue weighted by Gasteiger charge is -2.35. The van der Waals surface area contributed by atoms with Gasteiger partial charge in [-0.3, -0.25) is 9.80 Å². The van der Waals surface area contributed by atoms with Crippen molar-refractivity contribution in [1.29, 1.82) is 0 Å². The largest absolute Gasteiger partial charge is 0.347 e. The van der Waals surface area contributed by atoms with Gasteiger partial charge in [-0.25, -0.2) is 0 Å². The molecule has 4 aromatic rings. The minimum Gasteiger partial charge on any atom is -0.347 e. The Balaban J connectivity index is 1.35. The molecule has 0 radical (unpaired) electrons. The van der Waals surface area contributed by atoms with Gasteiger partial charge in [0.15, 0.2) is 0 Å². The highest BCUT2D eigenvalue weighted by molar-refractivity contribution is 6.31. The molecule has 5 rings (SSSR count). The van der Waals surface area contributed by atoms with Crippen LogP contribution >= 0.6 is 11.6 Å². The first-order chi connectivity index (χ1) is 18.2. The second-order valence-corrected chi connectivity index (χ2v) is 10.5. The molecule has 2 heterocycles. The van der Waals surface area contributed by atoms with Crippen molar-refractivity contribution in [3.05, 3.63) is 94.6 Å². The summed E-state index contributed by atoms with van der Waals surface area (Å²) in [7, 11) is 0. The van der Waals surface area contributed by atoms with E-state index in [1.807, 2.05) is 12.1 Å². The van der Waals surface area contributed by atoms with E-state index in [1.54, 1.807) is 0 Å². The summed E-state index contributed by atoms with van der Waals surface area (Å²) in [6, 6.07) is 23.9. The van der Waals surface area contributed by atoms with E-state index in [9.17, 15) is 0 Å². The van der Waals surface area contributed by atoms with Crippen molar-refractivity contribution < 1.29 is 0 Å². The molecule has 0 saturated carbocycles. The molecule has 1 aliphatic rings. The predicted octanol–water partition coefficient (Wildman–Crippen LogP) is 5.13. The third-order valence-corrected chi connectivity index (χ3v) is 7.86. The van der Waals surface area contributed by atoms with E-state index in [-0.39, 0.29) is 0 Å². The van der Waals surface area contributed by atoms with Crippen LogP contribution in [-0.4, -0.2) is 53.6 Å². The SMILES string of the molecule is NCCCn1cc(-c2ccccc2CCN)c2cc(CN3CCN(Cc4ccccc4Cl)CC3)ccc21. The fraction of sp³-hybridized carbons (Fsp3) is 0.355. The van der Waals surface area contributed by atoms with Crippen LogP contribution in [-0.2, 0) is 26.1 Å². The molecule has 6 heteroatoms. The van der Waals surface area contributed by atoms with Crippen molar-refractivity contribution in [2.45, 2.75) is 32.5 Å². The summed E-state index contributed by atoms with van der Waals surface area (Å²) in [5.41, 5.74) is 19.5. The number of hydrogen-bond acceptors (Lipinski definition) is 4. The maximum absolute atomic E-state index is 6.39. The van der Waals surface area contributed by atoms with E-state index in [0.717, 1.165) is 63.7 Å². The molecule has 1 fully saturated rings. The maximum Gasteiger partial charge on any atom is 0.0486 e. The smallest absolute Gasteiger partial charge is 0.0486 e. The Kier molecular flexibility index (Phi) is 8.59. The Morgan fingerprint density at radius 3 is 2.16 bits per heavy atom. The standard InChI is InChI=1S/C31H38ClN5/c32-30-9-4-2-7-26(30)22-36-18-16-35(17-19-36)21-24-10-11-31-28(20-24)29(23-37(31)15-5-13-33)27-8-3-1-6-25(27)12-14-34/h1-4,6-11,20,23H,5,12-19,21-22,33-34H2. The lowest BCUT2D eigenvalue weighted by molar-refractivity contribution is 0.122. The molecule has 1 aliphatic heterocycles. The van der Waals surface area contributed by atoms with Crippen molar-refractivity contribution in [2.24, 2.45) is 11.5 Å². The summed E-state index contributed by atoms with van der Waals surface area (Å²) in [6.45, 7) is 8.39. The molecule has 1 saturated heterocycles. The zero-order valence-electron chi connectivity index (χ0n) is 21.6. The van der Waals surface area contributed by atoms with Crippen molar-refractivity contribution in [2.75, 3.05) is 39.3 Å². The summed E-state index contributed by atoms with van der Waals surface area (Å²) in [5, 5.41) is 2.18. The molecule has 0 aliphatic carbocycles. The quantitative estimate of drug-likeness (QED) is 0.307. The van der Waals surface area contributed by atoms with Crippen LogP contribution < -0.4 is 11.5 Å². The number of aryl methyl sites for hydroxylation is 1. The lowest BCUT2D eigenvalue weighted by atomic mass is 9.96. The topological polar surface area (TPSA) is 63.5 Å². The minimum atomic E-state index is 0.649. The van der Waals surface area contributed by atoms with E-state index < -0.39 is 0 Å². The monoisotopic (exact) mass is 515 g/mol. The summed E-state index contributed by atoms with van der Waals surface area (Å²) in [5.74, 6) is 0. The van der Waals surface area contributed by atoms with Gasteiger partial charge in [-0.2, -0.15) is 0 Å². The van der Waals surface area contributed by atoms with Gasteiger partial charge in [0.05, 0.1) is 0 Å². The average Bonchev–Trinajstić information content (AvgIpc) is 3.28. The van der Waals surface area contributed by atoms with Gasteiger partial charge in [-0.1, -0.05) is 60.1 Å². The van der Waals surface area contributed by atoms with Gasteiger partial charge in [0, 0.05) is 73.5 Å². The first-order valence-corrected chi connectivity index (χ1v) is 13.8. The van der Waals surface area contributed by atoms with Crippen LogP contribution in [0.2, 0.25) is 5.02 Å². The lowest BCUT2D eigenvalue weighted by Crippen LogP contribution is -2.45. The van der Waals surface area contributed by atoms with E-state index in [1.165, 1.54) is 38.7 Å². The molecule has 0 unspecified atom stereocenters. The number of nitrogens with two attached hydrogens (primary N) is 2. The Morgan fingerprint density at radius 1 is 0.730 bits per heavy atom. The molecule has 0 bridgehead atoms. The molecule has 0 amide bonds. The number of rotatable bonds is 10. The minimum absolute atomic E-state index is 0.649. The number of fused-ring (bicyclic) bond motifs is 1. The summed E-state index contributed by atoms with van der Waals surface area (Å²) < 4.78 is 2.37. The zero-order valence-corrected chi connectivity index (χ0v) is 22.3. The van der Waals surface area contributed by atoms with Crippen LogP contribution in [0.5, 0.6) is 0 Å². The fourth-order valence-corrected chi connectivity index (χ4v) is 5.69. The third kappa shape index (κ3) is 6.08. The normalized spacial score (nSPS) is 15.0. The Hall–Kier alpha value is -2.67. The van der Waals surface area contributed by atoms with Crippen LogP contribution in [0.25, 0.3) is 22.0 Å². The van der Waals surface area contributed by atoms with Gasteiger partial charge in [0.25, 0.3) is 0 Å². The molecule has 3 aromatic carbocycles. The zero-order chi connectivity index (χ0) is 25.6. The number of halogens is 1. The van der Waals surface area contributed by atoms with Gasteiger partial charge in [-0.15, -0.1) is 0 Å². The van der Waals surface area contributed by atoms with Crippen molar-refractivity contribution in [3.63, 3.8) is 0 Å². The van der Waals surface area contributed by atoms with Gasteiger partial charge in [-0.05, 0) is 66.4 Å². The maximum atomic E-state index is 6.39. The van der Waals surface area contributed by atoms with E-state index in [2.05, 4.69) is 75.2 Å². The number of piperazine rings is 1. The van der Waals surface area contributed by atoms with Gasteiger partial charge >= 0.3 is 0 Å². The molecule has 1 aromatic heterocycles. The van der Waals surface area contributed by atoms with Gasteiger partial charge < -0.3 is 16.0 Å². The van der Waals surface area contributed by atoms with Crippen LogP contribution in [0.1, 0.15) is 23.1 Å². The Bertz CT molecular complexity index is 1320. The third-order valence-electron chi connectivity index (χ3n) is 7.49. The molecule has 5 nitrogen and oxygen atoms in total. The van der Waals surface area contributed by atoms with E-state index in [0.29, 0.717) is 13.1 Å². The fourth-order valence-electron chi connectivity index (χ4n) is 5.49. The van der Waals surface area contributed by atoms with Crippen molar-refractivity contribution >= 4 is 22.5 Å². The van der Waals surface area contributed by atoms with Crippen LogP contribution in [0.4, 0.5) is 0 Å².